The van der Waals surface area contributed by atoms with Crippen LogP contribution >= 0.6 is 0 Å². The lowest BCUT2D eigenvalue weighted by Crippen LogP contribution is -2.42. The first-order valence-electron chi connectivity index (χ1n) is 11.7. The summed E-state index contributed by atoms with van der Waals surface area (Å²) < 4.78 is 32.1. The summed E-state index contributed by atoms with van der Waals surface area (Å²) in [4.78, 5) is 35.5. The summed E-state index contributed by atoms with van der Waals surface area (Å²) in [6.45, 7) is 2.51. The Bertz CT molecular complexity index is 1110. The lowest BCUT2D eigenvalue weighted by molar-refractivity contribution is -0.0494. The Morgan fingerprint density at radius 1 is 1.15 bits per heavy atom. The molecule has 1 aromatic carbocycles. The second-order valence-corrected chi connectivity index (χ2v) is 9.17. The molecule has 0 saturated carbocycles. The molecular weight excluding hydrogens is 442 g/mol. The summed E-state index contributed by atoms with van der Waals surface area (Å²) in [6.07, 6.45) is 2.66. The second-order valence-electron chi connectivity index (χ2n) is 9.17. The van der Waals surface area contributed by atoms with Gasteiger partial charge in [0.1, 0.15) is 5.82 Å². The Labute approximate surface area is 197 Å². The second kappa shape index (κ2) is 8.94. The molecule has 180 valence electrons. The van der Waals surface area contributed by atoms with E-state index in [1.807, 2.05) is 24.3 Å². The molecule has 1 fully saturated rings. The number of alkyl halides is 2. The van der Waals surface area contributed by atoms with Crippen molar-refractivity contribution in [2.75, 3.05) is 44.8 Å². The van der Waals surface area contributed by atoms with Crippen molar-refractivity contribution < 1.29 is 23.1 Å². The lowest BCUT2D eigenvalue weighted by atomic mass is 10.0. The van der Waals surface area contributed by atoms with Crippen LogP contribution in [0.4, 0.5) is 20.3 Å². The number of hydrogen-bond acceptors (Lipinski definition) is 5. The zero-order valence-corrected chi connectivity index (χ0v) is 19.2. The molecule has 0 spiro atoms. The maximum absolute atomic E-state index is 13.5. The molecule has 34 heavy (non-hydrogen) atoms. The van der Waals surface area contributed by atoms with Gasteiger partial charge in [0, 0.05) is 70.1 Å². The number of aromatic nitrogens is 1. The maximum atomic E-state index is 13.5. The molecule has 9 heteroatoms. The van der Waals surface area contributed by atoms with Gasteiger partial charge >= 0.3 is 0 Å². The highest BCUT2D eigenvalue weighted by molar-refractivity contribution is 5.99. The van der Waals surface area contributed by atoms with Crippen molar-refractivity contribution in [3.8, 4) is 0 Å². The average molecular weight is 471 g/mol. The first kappa shape index (κ1) is 22.7. The highest BCUT2D eigenvalue weighted by Crippen LogP contribution is 2.35. The Morgan fingerprint density at radius 3 is 2.71 bits per heavy atom. The average Bonchev–Trinajstić information content (AvgIpc) is 3.16. The fraction of sp³-hybridized carbons (Fsp3) is 0.480. The molecule has 0 aliphatic carbocycles. The number of hydrogen-bond donors (Lipinski definition) is 0. The largest absolute Gasteiger partial charge is 0.383 e. The number of carbonyl (C=O) groups is 2. The van der Waals surface area contributed by atoms with Gasteiger partial charge in [0.05, 0.1) is 12.2 Å². The Hall–Kier alpha value is -3.07. The number of ether oxygens (including phenoxy) is 1. The monoisotopic (exact) mass is 470 g/mol. The predicted octanol–water partition coefficient (Wildman–Crippen LogP) is 3.64. The highest BCUT2D eigenvalue weighted by Gasteiger charge is 2.36. The fourth-order valence-electron chi connectivity index (χ4n) is 4.97. The molecule has 1 saturated heterocycles. The van der Waals surface area contributed by atoms with Gasteiger partial charge in [0.15, 0.2) is 0 Å². The van der Waals surface area contributed by atoms with Crippen LogP contribution in [-0.2, 0) is 17.7 Å². The molecule has 4 heterocycles. The molecule has 0 bridgehead atoms. The number of fused-ring (bicyclic) bond motifs is 2. The molecule has 0 radical (unpaired) electrons. The first-order chi connectivity index (χ1) is 16.4. The zero-order valence-electron chi connectivity index (χ0n) is 19.2. The van der Waals surface area contributed by atoms with E-state index in [-0.39, 0.29) is 37.7 Å². The van der Waals surface area contributed by atoms with Crippen molar-refractivity contribution in [1.82, 2.24) is 14.8 Å². The van der Waals surface area contributed by atoms with E-state index in [9.17, 15) is 18.4 Å². The van der Waals surface area contributed by atoms with E-state index >= 15 is 0 Å². The van der Waals surface area contributed by atoms with Gasteiger partial charge in [-0.1, -0.05) is 0 Å². The number of methoxy groups -OCH3 is 1. The summed E-state index contributed by atoms with van der Waals surface area (Å²) in [5, 5.41) is 0. The SMILES string of the molecule is COCCN1Cc2cc(N3CCCc4cc(C(=O)N5CCC(F)(F)CC5)cnc43)ccc2C1=O. The third kappa shape index (κ3) is 4.24. The number of nitrogens with zero attached hydrogens (tertiary/aromatic N) is 4. The molecule has 0 atom stereocenters. The molecule has 5 rings (SSSR count). The summed E-state index contributed by atoms with van der Waals surface area (Å²) in [7, 11) is 1.62. The highest BCUT2D eigenvalue weighted by atomic mass is 19.3. The number of anilines is 2. The van der Waals surface area contributed by atoms with Crippen molar-refractivity contribution in [1.29, 1.82) is 0 Å². The van der Waals surface area contributed by atoms with Crippen molar-refractivity contribution in [3.05, 3.63) is 52.7 Å². The van der Waals surface area contributed by atoms with E-state index in [4.69, 9.17) is 4.74 Å². The van der Waals surface area contributed by atoms with Gasteiger partial charge in [0.2, 0.25) is 0 Å². The Kier molecular flexibility index (Phi) is 5.97. The van der Waals surface area contributed by atoms with Crippen molar-refractivity contribution in [3.63, 3.8) is 0 Å². The third-order valence-electron chi connectivity index (χ3n) is 6.90. The fourth-order valence-corrected chi connectivity index (χ4v) is 4.97. The van der Waals surface area contributed by atoms with Crippen molar-refractivity contribution in [2.24, 2.45) is 0 Å². The van der Waals surface area contributed by atoms with Crippen LogP contribution < -0.4 is 4.90 Å². The number of aryl methyl sites for hydroxylation is 1. The summed E-state index contributed by atoms with van der Waals surface area (Å²) in [6, 6.07) is 7.72. The number of piperidine rings is 1. The van der Waals surface area contributed by atoms with Crippen LogP contribution in [-0.4, -0.2) is 72.4 Å². The lowest BCUT2D eigenvalue weighted by Gasteiger charge is -2.33. The topological polar surface area (TPSA) is 66.0 Å². The van der Waals surface area contributed by atoms with Crippen LogP contribution in [0, 0.1) is 0 Å². The Balaban J connectivity index is 1.35. The smallest absolute Gasteiger partial charge is 0.255 e. The van der Waals surface area contributed by atoms with E-state index in [2.05, 4.69) is 9.88 Å². The molecule has 0 unspecified atom stereocenters. The number of amides is 2. The standard InChI is InChI=1S/C25H28F2N4O3/c1-34-12-11-30-16-19-14-20(4-5-21(19)24(30)33)31-8-2-3-17-13-18(15-28-22(17)31)23(32)29-9-6-25(26,27)7-10-29/h4-5,13-15H,2-3,6-12,16H2,1H3. The Morgan fingerprint density at radius 2 is 1.94 bits per heavy atom. The molecular formula is C25H28F2N4O3. The molecule has 1 aromatic heterocycles. The van der Waals surface area contributed by atoms with Crippen LogP contribution in [0.15, 0.2) is 30.5 Å². The number of carbonyl (C=O) groups excluding carboxylic acids is 2. The zero-order chi connectivity index (χ0) is 23.9. The minimum absolute atomic E-state index is 0.0226. The van der Waals surface area contributed by atoms with Gasteiger partial charge in [-0.25, -0.2) is 13.8 Å². The van der Waals surface area contributed by atoms with Gasteiger partial charge in [-0.05, 0) is 48.2 Å². The molecule has 7 nitrogen and oxygen atoms in total. The first-order valence-corrected chi connectivity index (χ1v) is 11.7. The van der Waals surface area contributed by atoms with Crippen LogP contribution in [0.2, 0.25) is 0 Å². The quantitative estimate of drug-likeness (QED) is 0.668. The van der Waals surface area contributed by atoms with Gasteiger partial charge < -0.3 is 19.4 Å². The number of pyridine rings is 1. The number of rotatable bonds is 5. The summed E-state index contributed by atoms with van der Waals surface area (Å²) >= 11 is 0. The summed E-state index contributed by atoms with van der Waals surface area (Å²) in [5.74, 6) is -2.11. The number of benzene rings is 1. The van der Waals surface area contributed by atoms with E-state index in [1.165, 1.54) is 4.90 Å². The molecule has 3 aliphatic heterocycles. The molecule has 2 amide bonds. The molecule has 0 N–H and O–H groups in total. The van der Waals surface area contributed by atoms with Gasteiger partial charge in [-0.2, -0.15) is 0 Å². The van der Waals surface area contributed by atoms with Crippen LogP contribution in [0.25, 0.3) is 0 Å². The summed E-state index contributed by atoms with van der Waals surface area (Å²) in [5.41, 5.74) is 4.08. The normalized spacial score (nSPS) is 19.3. The molecule has 2 aromatic rings. The van der Waals surface area contributed by atoms with Gasteiger partial charge in [-0.3, -0.25) is 9.59 Å². The maximum Gasteiger partial charge on any atom is 0.255 e. The van der Waals surface area contributed by atoms with Crippen molar-refractivity contribution in [2.45, 2.75) is 38.2 Å². The molecule has 3 aliphatic rings. The van der Waals surface area contributed by atoms with E-state index in [1.54, 1.807) is 18.2 Å². The van der Waals surface area contributed by atoms with Gasteiger partial charge in [-0.15, -0.1) is 0 Å². The minimum Gasteiger partial charge on any atom is -0.383 e. The number of likely N-dealkylation sites (tertiary alicyclic amines) is 1. The van der Waals surface area contributed by atoms with Gasteiger partial charge in [0.25, 0.3) is 17.7 Å². The van der Waals surface area contributed by atoms with Crippen LogP contribution in [0.1, 0.15) is 51.1 Å². The van der Waals surface area contributed by atoms with E-state index in [0.29, 0.717) is 25.3 Å². The predicted molar refractivity (Wildman–Crippen MR) is 123 cm³/mol. The number of halogens is 2. The van der Waals surface area contributed by atoms with E-state index in [0.717, 1.165) is 47.6 Å². The van der Waals surface area contributed by atoms with E-state index < -0.39 is 5.92 Å². The van der Waals surface area contributed by atoms with Crippen LogP contribution in [0.5, 0.6) is 0 Å². The van der Waals surface area contributed by atoms with Crippen LogP contribution in [0.3, 0.4) is 0 Å². The third-order valence-corrected chi connectivity index (χ3v) is 6.90. The minimum atomic E-state index is -2.69. The van der Waals surface area contributed by atoms with Crippen molar-refractivity contribution >= 4 is 23.3 Å².